The van der Waals surface area contributed by atoms with Crippen molar-refractivity contribution in [1.29, 1.82) is 0 Å². The van der Waals surface area contributed by atoms with Crippen LogP contribution in [-0.4, -0.2) is 53.6 Å². The van der Waals surface area contributed by atoms with E-state index in [0.717, 1.165) is 0 Å². The van der Waals surface area contributed by atoms with Gasteiger partial charge in [0.05, 0.1) is 6.54 Å². The number of carbonyl (C=O) groups excluding carboxylic acids is 2. The standard InChI is InChI=1S/C12H19N5O2/c1-8(2)14-11(18)7-13-10-6-5-9(15-16-10)12(19)17(3)4/h5-6,8H,7H2,1-4H3,(H,13,16)(H,14,18). The fourth-order valence-corrected chi connectivity index (χ4v) is 1.31. The predicted octanol–water partition coefficient (Wildman–Crippen LogP) is 0.115. The largest absolute Gasteiger partial charge is 0.360 e. The Morgan fingerprint density at radius 2 is 1.95 bits per heavy atom. The molecule has 1 aromatic rings. The fourth-order valence-electron chi connectivity index (χ4n) is 1.31. The highest BCUT2D eigenvalue weighted by Crippen LogP contribution is 2.03. The molecule has 0 aromatic carbocycles. The van der Waals surface area contributed by atoms with E-state index >= 15 is 0 Å². The van der Waals surface area contributed by atoms with Crippen molar-refractivity contribution in [3.05, 3.63) is 17.8 Å². The number of aromatic nitrogens is 2. The maximum Gasteiger partial charge on any atom is 0.273 e. The molecule has 0 fully saturated rings. The molecule has 2 N–H and O–H groups in total. The van der Waals surface area contributed by atoms with Gasteiger partial charge in [-0.25, -0.2) is 0 Å². The molecular weight excluding hydrogens is 246 g/mol. The van der Waals surface area contributed by atoms with E-state index in [0.29, 0.717) is 5.82 Å². The van der Waals surface area contributed by atoms with Gasteiger partial charge in [-0.2, -0.15) is 0 Å². The Balaban J connectivity index is 2.53. The van der Waals surface area contributed by atoms with Gasteiger partial charge < -0.3 is 15.5 Å². The molecule has 0 radical (unpaired) electrons. The van der Waals surface area contributed by atoms with E-state index in [1.807, 2.05) is 13.8 Å². The lowest BCUT2D eigenvalue weighted by molar-refractivity contribution is -0.119. The van der Waals surface area contributed by atoms with E-state index in [2.05, 4.69) is 20.8 Å². The molecule has 104 valence electrons. The Bertz CT molecular complexity index is 442. The topological polar surface area (TPSA) is 87.2 Å². The Morgan fingerprint density at radius 1 is 1.26 bits per heavy atom. The molecule has 0 bridgehead atoms. The van der Waals surface area contributed by atoms with Gasteiger partial charge in [0.1, 0.15) is 5.82 Å². The van der Waals surface area contributed by atoms with E-state index in [1.54, 1.807) is 26.2 Å². The maximum atomic E-state index is 11.6. The molecule has 1 heterocycles. The molecule has 0 atom stereocenters. The van der Waals surface area contributed by atoms with Gasteiger partial charge >= 0.3 is 0 Å². The lowest BCUT2D eigenvalue weighted by Gasteiger charge is -2.10. The van der Waals surface area contributed by atoms with Crippen LogP contribution in [0, 0.1) is 0 Å². The number of nitrogens with zero attached hydrogens (tertiary/aromatic N) is 3. The van der Waals surface area contributed by atoms with Gasteiger partial charge in [-0.3, -0.25) is 9.59 Å². The number of amides is 2. The van der Waals surface area contributed by atoms with Crippen LogP contribution in [0.5, 0.6) is 0 Å². The number of nitrogens with one attached hydrogen (secondary N) is 2. The van der Waals surface area contributed by atoms with Crippen LogP contribution >= 0.6 is 0 Å². The first-order valence-electron chi connectivity index (χ1n) is 5.98. The van der Waals surface area contributed by atoms with Gasteiger partial charge in [-0.05, 0) is 26.0 Å². The van der Waals surface area contributed by atoms with Crippen LogP contribution in [0.3, 0.4) is 0 Å². The average molecular weight is 265 g/mol. The van der Waals surface area contributed by atoms with Gasteiger partial charge in [-0.15, -0.1) is 10.2 Å². The summed E-state index contributed by atoms with van der Waals surface area (Å²) in [6.45, 7) is 3.90. The third-order valence-electron chi connectivity index (χ3n) is 2.17. The number of anilines is 1. The van der Waals surface area contributed by atoms with E-state index in [1.165, 1.54) is 4.90 Å². The third kappa shape index (κ3) is 4.90. The second-order valence-electron chi connectivity index (χ2n) is 4.58. The zero-order valence-corrected chi connectivity index (χ0v) is 11.6. The molecule has 1 rings (SSSR count). The summed E-state index contributed by atoms with van der Waals surface area (Å²) in [5.41, 5.74) is 0.266. The van der Waals surface area contributed by atoms with Gasteiger partial charge in [0.15, 0.2) is 5.69 Å². The molecule has 7 heteroatoms. The average Bonchev–Trinajstić information content (AvgIpc) is 2.35. The smallest absolute Gasteiger partial charge is 0.273 e. The monoisotopic (exact) mass is 265 g/mol. The molecule has 0 spiro atoms. The van der Waals surface area contributed by atoms with Crippen molar-refractivity contribution < 1.29 is 9.59 Å². The van der Waals surface area contributed by atoms with E-state index in [-0.39, 0.29) is 30.1 Å². The zero-order valence-electron chi connectivity index (χ0n) is 11.6. The summed E-state index contributed by atoms with van der Waals surface area (Å²) in [4.78, 5) is 24.4. The first-order valence-corrected chi connectivity index (χ1v) is 5.98. The molecule has 0 aliphatic rings. The number of rotatable bonds is 5. The minimum atomic E-state index is -0.211. The van der Waals surface area contributed by atoms with Crippen LogP contribution < -0.4 is 10.6 Å². The van der Waals surface area contributed by atoms with Crippen LogP contribution in [0.25, 0.3) is 0 Å². The Hall–Kier alpha value is -2.18. The molecule has 2 amide bonds. The molecule has 0 unspecified atom stereocenters. The normalized spacial score (nSPS) is 10.2. The number of hydrogen-bond donors (Lipinski definition) is 2. The fraction of sp³-hybridized carbons (Fsp3) is 0.500. The number of carbonyl (C=O) groups is 2. The summed E-state index contributed by atoms with van der Waals surface area (Å²) in [6.07, 6.45) is 0. The summed E-state index contributed by atoms with van der Waals surface area (Å²) in [5.74, 6) is 0.121. The number of hydrogen-bond acceptors (Lipinski definition) is 5. The maximum absolute atomic E-state index is 11.6. The Labute approximate surface area is 112 Å². The second kappa shape index (κ2) is 6.67. The van der Waals surface area contributed by atoms with Crippen molar-refractivity contribution in [2.24, 2.45) is 0 Å². The second-order valence-corrected chi connectivity index (χ2v) is 4.58. The van der Waals surface area contributed by atoms with Crippen molar-refractivity contribution in [3.63, 3.8) is 0 Å². The van der Waals surface area contributed by atoms with Gasteiger partial charge in [-0.1, -0.05) is 0 Å². The summed E-state index contributed by atoms with van der Waals surface area (Å²) in [6, 6.07) is 3.28. The van der Waals surface area contributed by atoms with Crippen LogP contribution in [0.15, 0.2) is 12.1 Å². The Kier molecular flexibility index (Phi) is 5.23. The lowest BCUT2D eigenvalue weighted by Crippen LogP contribution is -2.35. The van der Waals surface area contributed by atoms with Crippen LogP contribution in [0.4, 0.5) is 5.82 Å². The first-order chi connectivity index (χ1) is 8.90. The molecule has 0 saturated heterocycles. The van der Waals surface area contributed by atoms with Crippen LogP contribution in [0.1, 0.15) is 24.3 Å². The summed E-state index contributed by atoms with van der Waals surface area (Å²) < 4.78 is 0. The quantitative estimate of drug-likeness (QED) is 0.789. The predicted molar refractivity (Wildman–Crippen MR) is 71.8 cm³/mol. The van der Waals surface area contributed by atoms with Crippen molar-refractivity contribution in [1.82, 2.24) is 20.4 Å². The highest BCUT2D eigenvalue weighted by atomic mass is 16.2. The molecule has 1 aromatic heterocycles. The summed E-state index contributed by atoms with van der Waals surface area (Å²) in [5, 5.41) is 13.2. The van der Waals surface area contributed by atoms with Crippen LogP contribution in [-0.2, 0) is 4.79 Å². The van der Waals surface area contributed by atoms with E-state index in [4.69, 9.17) is 0 Å². The van der Waals surface area contributed by atoms with Crippen molar-refractivity contribution in [2.45, 2.75) is 19.9 Å². The first kappa shape index (κ1) is 14.9. The molecule has 19 heavy (non-hydrogen) atoms. The summed E-state index contributed by atoms with van der Waals surface area (Å²) in [7, 11) is 3.29. The lowest BCUT2D eigenvalue weighted by atomic mass is 10.3. The minimum Gasteiger partial charge on any atom is -0.360 e. The van der Waals surface area contributed by atoms with Gasteiger partial charge in [0, 0.05) is 20.1 Å². The van der Waals surface area contributed by atoms with E-state index < -0.39 is 0 Å². The molecule has 0 aliphatic heterocycles. The zero-order chi connectivity index (χ0) is 14.4. The molecule has 7 nitrogen and oxygen atoms in total. The molecule has 0 saturated carbocycles. The summed E-state index contributed by atoms with van der Waals surface area (Å²) >= 11 is 0. The minimum absolute atomic E-state index is 0.0977. The highest BCUT2D eigenvalue weighted by molar-refractivity contribution is 5.91. The third-order valence-corrected chi connectivity index (χ3v) is 2.17. The van der Waals surface area contributed by atoms with Crippen molar-refractivity contribution in [2.75, 3.05) is 26.0 Å². The Morgan fingerprint density at radius 3 is 2.42 bits per heavy atom. The van der Waals surface area contributed by atoms with E-state index in [9.17, 15) is 9.59 Å². The van der Waals surface area contributed by atoms with Gasteiger partial charge in [0.2, 0.25) is 5.91 Å². The van der Waals surface area contributed by atoms with Crippen molar-refractivity contribution in [3.8, 4) is 0 Å². The highest BCUT2D eigenvalue weighted by Gasteiger charge is 2.10. The molecular formula is C12H19N5O2. The van der Waals surface area contributed by atoms with Gasteiger partial charge in [0.25, 0.3) is 5.91 Å². The van der Waals surface area contributed by atoms with Crippen LogP contribution in [0.2, 0.25) is 0 Å². The molecule has 0 aliphatic carbocycles. The van der Waals surface area contributed by atoms with Crippen molar-refractivity contribution >= 4 is 17.6 Å². The SMILES string of the molecule is CC(C)NC(=O)CNc1ccc(C(=O)N(C)C)nn1.